The van der Waals surface area contributed by atoms with Gasteiger partial charge in [-0.2, -0.15) is 13.2 Å². The first-order valence-electron chi connectivity index (χ1n) is 9.16. The minimum absolute atomic E-state index is 0.202. The molecule has 0 aliphatic rings. The fraction of sp³-hybridized carbons (Fsp3) is 0.632. The molecule has 154 valence electrons. The largest absolute Gasteiger partial charge is 0.416 e. The lowest BCUT2D eigenvalue weighted by molar-refractivity contribution is -0.137. The Balaban J connectivity index is 2.43. The van der Waals surface area contributed by atoms with E-state index in [4.69, 9.17) is 4.74 Å². The highest BCUT2D eigenvalue weighted by molar-refractivity contribution is 5.79. The number of nitrogens with zero attached hydrogens (tertiary/aromatic N) is 1. The first kappa shape index (κ1) is 23.2. The van der Waals surface area contributed by atoms with Gasteiger partial charge in [-0.05, 0) is 37.0 Å². The predicted octanol–water partition coefficient (Wildman–Crippen LogP) is 2.84. The smallest absolute Gasteiger partial charge is 0.389 e. The summed E-state index contributed by atoms with van der Waals surface area (Å²) in [6.45, 7) is 8.19. The molecule has 0 aliphatic carbocycles. The van der Waals surface area contributed by atoms with E-state index in [0.717, 1.165) is 17.7 Å². The lowest BCUT2D eigenvalue weighted by atomic mass is 10.1. The molecule has 0 heterocycles. The maximum atomic E-state index is 12.6. The highest BCUT2D eigenvalue weighted by atomic mass is 19.4. The normalized spacial score (nSPS) is 13.7. The second-order valence-corrected chi connectivity index (χ2v) is 6.68. The molecule has 0 spiro atoms. The van der Waals surface area contributed by atoms with E-state index >= 15 is 0 Å². The Morgan fingerprint density at radius 3 is 2.37 bits per heavy atom. The van der Waals surface area contributed by atoms with Crippen LogP contribution in [0.1, 0.15) is 31.9 Å². The van der Waals surface area contributed by atoms with Crippen LogP contribution in [0, 0.1) is 5.92 Å². The molecule has 1 atom stereocenters. The molecule has 1 rings (SSSR count). The average Bonchev–Trinajstić information content (AvgIpc) is 2.59. The first-order valence-corrected chi connectivity index (χ1v) is 9.16. The SMILES string of the molecule is CCNC(=NCC(O)COCC(C)C)NCCc1ccc(C(F)(F)F)cc1. The van der Waals surface area contributed by atoms with Gasteiger partial charge in [0.15, 0.2) is 5.96 Å². The third-order valence-electron chi connectivity index (χ3n) is 3.55. The van der Waals surface area contributed by atoms with E-state index in [1.165, 1.54) is 12.1 Å². The number of alkyl halides is 3. The van der Waals surface area contributed by atoms with Crippen molar-refractivity contribution in [3.63, 3.8) is 0 Å². The summed E-state index contributed by atoms with van der Waals surface area (Å²) in [6, 6.07) is 5.12. The van der Waals surface area contributed by atoms with Gasteiger partial charge in [0.25, 0.3) is 0 Å². The Kier molecular flexibility index (Phi) is 10.2. The quantitative estimate of drug-likeness (QED) is 0.425. The minimum atomic E-state index is -4.32. The fourth-order valence-electron chi connectivity index (χ4n) is 2.22. The van der Waals surface area contributed by atoms with E-state index in [1.54, 1.807) is 0 Å². The van der Waals surface area contributed by atoms with Crippen molar-refractivity contribution in [3.05, 3.63) is 35.4 Å². The van der Waals surface area contributed by atoms with E-state index in [1.807, 2.05) is 20.8 Å². The molecule has 0 bridgehead atoms. The summed E-state index contributed by atoms with van der Waals surface area (Å²) in [6.07, 6.45) is -4.45. The van der Waals surface area contributed by atoms with Crippen LogP contribution in [0.15, 0.2) is 29.3 Å². The minimum Gasteiger partial charge on any atom is -0.389 e. The fourth-order valence-corrected chi connectivity index (χ4v) is 2.22. The van der Waals surface area contributed by atoms with Gasteiger partial charge < -0.3 is 20.5 Å². The van der Waals surface area contributed by atoms with Crippen molar-refractivity contribution in [2.24, 2.45) is 10.9 Å². The van der Waals surface area contributed by atoms with Crippen molar-refractivity contribution < 1.29 is 23.0 Å². The molecular weight excluding hydrogens is 359 g/mol. The predicted molar refractivity (Wildman–Crippen MR) is 101 cm³/mol. The lowest BCUT2D eigenvalue weighted by Gasteiger charge is -2.14. The molecule has 0 saturated carbocycles. The summed E-state index contributed by atoms with van der Waals surface area (Å²) < 4.78 is 43.1. The zero-order chi connectivity index (χ0) is 20.3. The summed E-state index contributed by atoms with van der Waals surface area (Å²) in [5.74, 6) is 0.956. The third kappa shape index (κ3) is 10.2. The maximum Gasteiger partial charge on any atom is 0.416 e. The highest BCUT2D eigenvalue weighted by Crippen LogP contribution is 2.29. The van der Waals surface area contributed by atoms with Crippen molar-refractivity contribution >= 4 is 5.96 Å². The van der Waals surface area contributed by atoms with Gasteiger partial charge in [-0.25, -0.2) is 0 Å². The molecule has 0 saturated heterocycles. The molecule has 0 amide bonds. The van der Waals surface area contributed by atoms with E-state index < -0.39 is 17.8 Å². The van der Waals surface area contributed by atoms with Crippen molar-refractivity contribution in [2.45, 2.75) is 39.5 Å². The van der Waals surface area contributed by atoms with Gasteiger partial charge >= 0.3 is 6.18 Å². The number of benzene rings is 1. The van der Waals surface area contributed by atoms with Crippen LogP contribution in [0.3, 0.4) is 0 Å². The van der Waals surface area contributed by atoms with Crippen LogP contribution in [-0.2, 0) is 17.3 Å². The molecule has 0 radical (unpaired) electrons. The zero-order valence-electron chi connectivity index (χ0n) is 16.1. The molecular formula is C19H30F3N3O2. The van der Waals surface area contributed by atoms with Crippen LogP contribution in [0.25, 0.3) is 0 Å². The first-order chi connectivity index (χ1) is 12.7. The highest BCUT2D eigenvalue weighted by Gasteiger charge is 2.29. The summed E-state index contributed by atoms with van der Waals surface area (Å²) in [5, 5.41) is 16.1. The van der Waals surface area contributed by atoms with Crippen LogP contribution in [0.2, 0.25) is 0 Å². The molecule has 0 aromatic heterocycles. The Hall–Kier alpha value is -1.80. The van der Waals surface area contributed by atoms with Crippen molar-refractivity contribution in [1.82, 2.24) is 10.6 Å². The van der Waals surface area contributed by atoms with Gasteiger partial charge in [-0.15, -0.1) is 0 Å². The topological polar surface area (TPSA) is 65.9 Å². The molecule has 1 aromatic carbocycles. The number of aliphatic hydroxyl groups is 1. The van der Waals surface area contributed by atoms with Crippen molar-refractivity contribution in [1.29, 1.82) is 0 Å². The third-order valence-corrected chi connectivity index (χ3v) is 3.55. The zero-order valence-corrected chi connectivity index (χ0v) is 16.1. The molecule has 0 aliphatic heterocycles. The summed E-state index contributed by atoms with van der Waals surface area (Å²) >= 11 is 0. The number of aliphatic hydroxyl groups excluding tert-OH is 1. The van der Waals surface area contributed by atoms with Gasteiger partial charge in [0.2, 0.25) is 0 Å². The van der Waals surface area contributed by atoms with E-state index in [9.17, 15) is 18.3 Å². The number of hydrogen-bond donors (Lipinski definition) is 3. The summed E-state index contributed by atoms with van der Waals surface area (Å²) in [5.41, 5.74) is 0.149. The van der Waals surface area contributed by atoms with Gasteiger partial charge in [0, 0.05) is 19.7 Å². The lowest BCUT2D eigenvalue weighted by Crippen LogP contribution is -2.39. The van der Waals surface area contributed by atoms with Crippen LogP contribution < -0.4 is 10.6 Å². The number of hydrogen-bond acceptors (Lipinski definition) is 3. The summed E-state index contributed by atoms with van der Waals surface area (Å²) in [4.78, 5) is 4.30. The van der Waals surface area contributed by atoms with Gasteiger partial charge in [0.05, 0.1) is 24.8 Å². The Morgan fingerprint density at radius 2 is 1.81 bits per heavy atom. The number of ether oxygens (including phenoxy) is 1. The van der Waals surface area contributed by atoms with Crippen LogP contribution in [-0.4, -0.2) is 50.0 Å². The van der Waals surface area contributed by atoms with E-state index in [-0.39, 0.29) is 13.2 Å². The number of nitrogens with one attached hydrogen (secondary N) is 2. The second-order valence-electron chi connectivity index (χ2n) is 6.68. The molecule has 1 aromatic rings. The Labute approximate surface area is 159 Å². The second kappa shape index (κ2) is 11.8. The molecule has 27 heavy (non-hydrogen) atoms. The standard InChI is InChI=1S/C19H30F3N3O2/c1-4-23-18(25-11-17(26)13-27-12-14(2)3)24-10-9-15-5-7-16(8-6-15)19(20,21)22/h5-8,14,17,26H,4,9-13H2,1-3H3,(H2,23,24,25). The van der Waals surface area contributed by atoms with Crippen molar-refractivity contribution in [3.8, 4) is 0 Å². The van der Waals surface area contributed by atoms with E-state index in [2.05, 4.69) is 15.6 Å². The average molecular weight is 389 g/mol. The van der Waals surface area contributed by atoms with Gasteiger partial charge in [0.1, 0.15) is 0 Å². The van der Waals surface area contributed by atoms with Crippen molar-refractivity contribution in [2.75, 3.05) is 32.8 Å². The van der Waals surface area contributed by atoms with Crippen LogP contribution in [0.5, 0.6) is 0 Å². The number of guanidine groups is 1. The molecule has 8 heteroatoms. The van der Waals surface area contributed by atoms with E-state index in [0.29, 0.717) is 38.0 Å². The molecule has 0 fully saturated rings. The monoisotopic (exact) mass is 389 g/mol. The Morgan fingerprint density at radius 1 is 1.15 bits per heavy atom. The van der Waals surface area contributed by atoms with Gasteiger partial charge in [-0.3, -0.25) is 4.99 Å². The van der Waals surface area contributed by atoms with Crippen LogP contribution >= 0.6 is 0 Å². The molecule has 1 unspecified atom stereocenters. The summed E-state index contributed by atoms with van der Waals surface area (Å²) in [7, 11) is 0. The molecule has 5 nitrogen and oxygen atoms in total. The Bertz CT molecular complexity index is 560. The number of aliphatic imine (C=N–C) groups is 1. The number of halogens is 3. The van der Waals surface area contributed by atoms with Gasteiger partial charge in [-0.1, -0.05) is 26.0 Å². The maximum absolute atomic E-state index is 12.6. The molecule has 3 N–H and O–H groups in total. The van der Waals surface area contributed by atoms with Crippen LogP contribution in [0.4, 0.5) is 13.2 Å². The number of rotatable bonds is 10.